The summed E-state index contributed by atoms with van der Waals surface area (Å²) in [5.41, 5.74) is 1.25. The van der Waals surface area contributed by atoms with Gasteiger partial charge in [-0.3, -0.25) is 9.59 Å². The molecule has 4 rings (SSSR count). The molecule has 1 unspecified atom stereocenters. The third-order valence-electron chi connectivity index (χ3n) is 5.45. The number of hydrogen-bond acceptors (Lipinski definition) is 3. The molecule has 2 saturated heterocycles. The summed E-state index contributed by atoms with van der Waals surface area (Å²) >= 11 is 1.66. The maximum Gasteiger partial charge on any atom is 0.263 e. The monoisotopic (exact) mass is 332 g/mol. The van der Waals surface area contributed by atoms with Crippen molar-refractivity contribution in [2.45, 2.75) is 44.9 Å². The first-order valence-corrected chi connectivity index (χ1v) is 9.73. The van der Waals surface area contributed by atoms with Crippen molar-refractivity contribution in [2.24, 2.45) is 5.92 Å². The quantitative estimate of drug-likeness (QED) is 0.835. The van der Waals surface area contributed by atoms with Gasteiger partial charge in [0.05, 0.1) is 4.88 Å². The van der Waals surface area contributed by atoms with Crippen molar-refractivity contribution < 1.29 is 9.59 Å². The van der Waals surface area contributed by atoms with E-state index < -0.39 is 0 Å². The third-order valence-corrected chi connectivity index (χ3v) is 6.68. The van der Waals surface area contributed by atoms with Crippen LogP contribution in [0.3, 0.4) is 0 Å². The van der Waals surface area contributed by atoms with Crippen LogP contribution in [0.15, 0.2) is 6.07 Å². The van der Waals surface area contributed by atoms with E-state index in [-0.39, 0.29) is 11.8 Å². The molecule has 23 heavy (non-hydrogen) atoms. The fourth-order valence-electron chi connectivity index (χ4n) is 4.11. The smallest absolute Gasteiger partial charge is 0.263 e. The van der Waals surface area contributed by atoms with Gasteiger partial charge in [-0.25, -0.2) is 0 Å². The lowest BCUT2D eigenvalue weighted by molar-refractivity contribution is -0.134. The Morgan fingerprint density at radius 1 is 1.00 bits per heavy atom. The van der Waals surface area contributed by atoms with Crippen molar-refractivity contribution in [1.82, 2.24) is 9.80 Å². The topological polar surface area (TPSA) is 40.6 Å². The van der Waals surface area contributed by atoms with Crippen LogP contribution in [0.5, 0.6) is 0 Å². The van der Waals surface area contributed by atoms with Crippen LogP contribution in [0.2, 0.25) is 0 Å². The van der Waals surface area contributed by atoms with Crippen LogP contribution in [0, 0.1) is 5.92 Å². The van der Waals surface area contributed by atoms with E-state index in [1.165, 1.54) is 10.4 Å². The molecule has 2 fully saturated rings. The predicted octanol–water partition coefficient (Wildman–Crippen LogP) is 2.71. The van der Waals surface area contributed by atoms with Gasteiger partial charge < -0.3 is 9.80 Å². The van der Waals surface area contributed by atoms with Crippen LogP contribution in [0.4, 0.5) is 0 Å². The Labute approximate surface area is 141 Å². The highest BCUT2D eigenvalue weighted by atomic mass is 32.1. The Bertz CT molecular complexity index is 613. The van der Waals surface area contributed by atoms with Gasteiger partial charge in [0.2, 0.25) is 5.91 Å². The van der Waals surface area contributed by atoms with E-state index in [1.54, 1.807) is 11.3 Å². The lowest BCUT2D eigenvalue weighted by Crippen LogP contribution is -2.36. The van der Waals surface area contributed by atoms with Crippen molar-refractivity contribution in [3.63, 3.8) is 0 Å². The van der Waals surface area contributed by atoms with Crippen LogP contribution in [0.1, 0.15) is 52.2 Å². The highest BCUT2D eigenvalue weighted by Gasteiger charge is 2.32. The van der Waals surface area contributed by atoms with Crippen LogP contribution in [0.25, 0.3) is 0 Å². The molecule has 0 N–H and O–H groups in total. The van der Waals surface area contributed by atoms with Gasteiger partial charge in [-0.05, 0) is 56.6 Å². The zero-order valence-corrected chi connectivity index (χ0v) is 14.4. The fraction of sp³-hybridized carbons (Fsp3) is 0.667. The second kappa shape index (κ2) is 6.27. The molecule has 1 aromatic rings. The van der Waals surface area contributed by atoms with E-state index in [2.05, 4.69) is 6.07 Å². The molecule has 3 heterocycles. The number of rotatable bonds is 2. The Morgan fingerprint density at radius 3 is 2.35 bits per heavy atom. The van der Waals surface area contributed by atoms with E-state index >= 15 is 0 Å². The van der Waals surface area contributed by atoms with Crippen molar-refractivity contribution in [3.8, 4) is 0 Å². The lowest BCUT2D eigenvalue weighted by atomic mass is 9.87. The number of amides is 2. The number of nitrogens with zero attached hydrogens (tertiary/aromatic N) is 2. The van der Waals surface area contributed by atoms with E-state index in [0.29, 0.717) is 5.91 Å². The van der Waals surface area contributed by atoms with Gasteiger partial charge in [-0.15, -0.1) is 11.3 Å². The number of aryl methyl sites for hydroxylation is 1. The summed E-state index contributed by atoms with van der Waals surface area (Å²) in [7, 11) is 0. The van der Waals surface area contributed by atoms with Crippen LogP contribution in [-0.2, 0) is 17.6 Å². The number of fused-ring (bicyclic) bond motifs is 1. The van der Waals surface area contributed by atoms with E-state index in [0.717, 1.165) is 76.0 Å². The molecule has 4 nitrogen and oxygen atoms in total. The van der Waals surface area contributed by atoms with E-state index in [9.17, 15) is 9.59 Å². The molecule has 2 amide bonds. The molecule has 0 bridgehead atoms. The highest BCUT2D eigenvalue weighted by Crippen LogP contribution is 2.34. The zero-order chi connectivity index (χ0) is 15.8. The van der Waals surface area contributed by atoms with Crippen molar-refractivity contribution in [1.29, 1.82) is 0 Å². The highest BCUT2D eigenvalue weighted by molar-refractivity contribution is 7.14. The van der Waals surface area contributed by atoms with Crippen molar-refractivity contribution in [3.05, 3.63) is 21.4 Å². The van der Waals surface area contributed by atoms with E-state index in [1.807, 2.05) is 9.80 Å². The molecule has 0 spiro atoms. The van der Waals surface area contributed by atoms with Gasteiger partial charge in [-0.1, -0.05) is 0 Å². The fourth-order valence-corrected chi connectivity index (χ4v) is 5.29. The molecular weight excluding hydrogens is 308 g/mol. The Morgan fingerprint density at radius 2 is 1.65 bits per heavy atom. The molecule has 1 aliphatic carbocycles. The molecule has 1 aromatic heterocycles. The van der Waals surface area contributed by atoms with Gasteiger partial charge in [0.15, 0.2) is 0 Å². The zero-order valence-electron chi connectivity index (χ0n) is 13.6. The summed E-state index contributed by atoms with van der Waals surface area (Å²) in [6, 6.07) is 2.07. The third kappa shape index (κ3) is 2.91. The largest absolute Gasteiger partial charge is 0.342 e. The van der Waals surface area contributed by atoms with Gasteiger partial charge in [0.25, 0.3) is 5.91 Å². The van der Waals surface area contributed by atoms with Gasteiger partial charge in [-0.2, -0.15) is 0 Å². The second-order valence-electron chi connectivity index (χ2n) is 7.03. The molecule has 0 aromatic carbocycles. The minimum Gasteiger partial charge on any atom is -0.342 e. The SMILES string of the molecule is O=C(c1cc2c(s1)CCC(C(=O)N1CCCC1)C2)N1CCCC1. The predicted molar refractivity (Wildman–Crippen MR) is 90.8 cm³/mol. The second-order valence-corrected chi connectivity index (χ2v) is 8.17. The normalized spacial score (nSPS) is 24.1. The minimum absolute atomic E-state index is 0.130. The van der Waals surface area contributed by atoms with E-state index in [4.69, 9.17) is 0 Å². The van der Waals surface area contributed by atoms with Gasteiger partial charge in [0.1, 0.15) is 0 Å². The molecule has 124 valence electrons. The first-order chi connectivity index (χ1) is 11.2. The maximum atomic E-state index is 12.6. The standard InChI is InChI=1S/C18H24N2O2S/c21-17(19-7-1-2-8-19)13-5-6-15-14(11-13)12-16(23-15)18(22)20-9-3-4-10-20/h12-13H,1-11H2. The minimum atomic E-state index is 0.130. The molecular formula is C18H24N2O2S. The Kier molecular flexibility index (Phi) is 4.14. The molecule has 0 radical (unpaired) electrons. The van der Waals surface area contributed by atoms with Crippen molar-refractivity contribution >= 4 is 23.2 Å². The first kappa shape index (κ1) is 15.2. The van der Waals surface area contributed by atoms with Gasteiger partial charge in [0, 0.05) is 37.0 Å². The van der Waals surface area contributed by atoms with Gasteiger partial charge >= 0.3 is 0 Å². The number of carbonyl (C=O) groups is 2. The number of thiophene rings is 1. The average molecular weight is 332 g/mol. The van der Waals surface area contributed by atoms with Crippen LogP contribution < -0.4 is 0 Å². The summed E-state index contributed by atoms with van der Waals surface area (Å²) in [5.74, 6) is 0.668. The Balaban J connectivity index is 1.47. The summed E-state index contributed by atoms with van der Waals surface area (Å²) < 4.78 is 0. The number of carbonyl (C=O) groups excluding carboxylic acids is 2. The summed E-state index contributed by atoms with van der Waals surface area (Å²) in [6.45, 7) is 3.67. The van der Waals surface area contributed by atoms with Crippen molar-refractivity contribution in [2.75, 3.05) is 26.2 Å². The van der Waals surface area contributed by atoms with Crippen LogP contribution in [-0.4, -0.2) is 47.8 Å². The maximum absolute atomic E-state index is 12.6. The number of likely N-dealkylation sites (tertiary alicyclic amines) is 2. The Hall–Kier alpha value is -1.36. The summed E-state index contributed by atoms with van der Waals surface area (Å²) in [6.07, 6.45) is 7.28. The first-order valence-electron chi connectivity index (χ1n) is 8.92. The average Bonchev–Trinajstić information content (AvgIpc) is 3.33. The number of hydrogen-bond donors (Lipinski definition) is 0. The lowest BCUT2D eigenvalue weighted by Gasteiger charge is -2.26. The van der Waals surface area contributed by atoms with Crippen LogP contribution >= 0.6 is 11.3 Å². The molecule has 3 aliphatic rings. The molecule has 2 aliphatic heterocycles. The summed E-state index contributed by atoms with van der Waals surface area (Å²) in [5, 5.41) is 0. The molecule has 1 atom stereocenters. The molecule has 0 saturated carbocycles. The molecule has 5 heteroatoms. The summed E-state index contributed by atoms with van der Waals surface area (Å²) in [4.78, 5) is 31.4.